The fraction of sp³-hybridized carbons (Fsp3) is 0.500. The van der Waals surface area contributed by atoms with Gasteiger partial charge in [0.1, 0.15) is 5.84 Å². The van der Waals surface area contributed by atoms with Gasteiger partial charge in [0.2, 0.25) is 5.91 Å². The number of primary amides is 1. The molecule has 0 saturated heterocycles. The van der Waals surface area contributed by atoms with Crippen LogP contribution in [0.25, 0.3) is 0 Å². The highest BCUT2D eigenvalue weighted by atomic mass is 79.9. The molecule has 0 aromatic carbocycles. The SMILES string of the molecule is NC(=O)CCC(N)=NBr. The Balaban J connectivity index is 3.39. The van der Waals surface area contributed by atoms with E-state index in [1.807, 2.05) is 0 Å². The molecule has 5 heteroatoms. The molecule has 0 rings (SSSR count). The number of rotatable bonds is 3. The standard InChI is InChI=1S/C4H8BrN3O/c5-8-3(6)1-2-4(7)9/h1-2H2,(H2,6,8)(H2,7,9). The monoisotopic (exact) mass is 193 g/mol. The van der Waals surface area contributed by atoms with Crippen LogP contribution in [0.15, 0.2) is 4.02 Å². The van der Waals surface area contributed by atoms with E-state index >= 15 is 0 Å². The van der Waals surface area contributed by atoms with Gasteiger partial charge < -0.3 is 11.5 Å². The first-order valence-electron chi connectivity index (χ1n) is 2.38. The summed E-state index contributed by atoms with van der Waals surface area (Å²) in [6.07, 6.45) is 0.668. The van der Waals surface area contributed by atoms with Gasteiger partial charge in [-0.25, -0.2) is 0 Å². The van der Waals surface area contributed by atoms with Crippen LogP contribution in [0, 0.1) is 0 Å². The average molecular weight is 194 g/mol. The molecule has 0 spiro atoms. The minimum Gasteiger partial charge on any atom is -0.387 e. The highest BCUT2D eigenvalue weighted by Gasteiger charge is 1.95. The van der Waals surface area contributed by atoms with Gasteiger partial charge in [0.25, 0.3) is 0 Å². The van der Waals surface area contributed by atoms with Crippen molar-refractivity contribution in [2.24, 2.45) is 15.5 Å². The molecule has 0 aliphatic carbocycles. The first-order valence-corrected chi connectivity index (χ1v) is 3.09. The van der Waals surface area contributed by atoms with Gasteiger partial charge in [0.15, 0.2) is 0 Å². The number of nitrogens with zero attached hydrogens (tertiary/aromatic N) is 1. The van der Waals surface area contributed by atoms with Gasteiger partial charge in [0, 0.05) is 12.8 Å². The molecule has 1 amide bonds. The van der Waals surface area contributed by atoms with Crippen LogP contribution in [-0.2, 0) is 4.79 Å². The molecule has 0 radical (unpaired) electrons. The Morgan fingerprint density at radius 2 is 2.00 bits per heavy atom. The molecule has 0 heterocycles. The van der Waals surface area contributed by atoms with Crippen molar-refractivity contribution in [2.75, 3.05) is 0 Å². The summed E-state index contributed by atoms with van der Waals surface area (Å²) in [6, 6.07) is 0. The third kappa shape index (κ3) is 5.29. The van der Waals surface area contributed by atoms with E-state index in [2.05, 4.69) is 20.2 Å². The number of hydrogen-bond acceptors (Lipinski definition) is 2. The lowest BCUT2D eigenvalue weighted by Gasteiger charge is -1.92. The number of halogens is 1. The number of hydrogen-bond donors (Lipinski definition) is 2. The lowest BCUT2D eigenvalue weighted by molar-refractivity contribution is -0.117. The Bertz CT molecular complexity index is 134. The zero-order valence-electron chi connectivity index (χ0n) is 4.80. The topological polar surface area (TPSA) is 81.5 Å². The minimum atomic E-state index is -0.367. The van der Waals surface area contributed by atoms with Crippen LogP contribution in [0.2, 0.25) is 0 Å². The zero-order chi connectivity index (χ0) is 7.28. The molecule has 0 aliphatic heterocycles. The largest absolute Gasteiger partial charge is 0.387 e. The molecule has 0 aromatic rings. The molecule has 0 bridgehead atoms. The van der Waals surface area contributed by atoms with Crippen LogP contribution in [0.1, 0.15) is 12.8 Å². The summed E-state index contributed by atoms with van der Waals surface area (Å²) >= 11 is 2.78. The second kappa shape index (κ2) is 4.31. The summed E-state index contributed by atoms with van der Waals surface area (Å²) in [5.41, 5.74) is 10.0. The maximum atomic E-state index is 10.1. The van der Waals surface area contributed by atoms with Crippen LogP contribution in [0.4, 0.5) is 0 Å². The first kappa shape index (κ1) is 8.42. The van der Waals surface area contributed by atoms with Gasteiger partial charge in [-0.2, -0.15) is 4.02 Å². The first-order chi connectivity index (χ1) is 4.16. The second-order valence-electron chi connectivity index (χ2n) is 1.54. The van der Waals surface area contributed by atoms with Crippen molar-refractivity contribution < 1.29 is 4.79 Å². The van der Waals surface area contributed by atoms with Crippen molar-refractivity contribution in [1.82, 2.24) is 0 Å². The Hall–Kier alpha value is -0.580. The number of amidine groups is 1. The summed E-state index contributed by atoms with van der Waals surface area (Å²) in [5, 5.41) is 0. The molecular weight excluding hydrogens is 186 g/mol. The molecule has 0 unspecified atom stereocenters. The smallest absolute Gasteiger partial charge is 0.217 e. The molecular formula is C4H8BrN3O. The molecule has 0 aromatic heterocycles. The predicted molar refractivity (Wildman–Crippen MR) is 39.0 cm³/mol. The zero-order valence-corrected chi connectivity index (χ0v) is 6.39. The van der Waals surface area contributed by atoms with Crippen molar-refractivity contribution in [2.45, 2.75) is 12.8 Å². The molecule has 0 fully saturated rings. The van der Waals surface area contributed by atoms with Gasteiger partial charge in [0.05, 0.1) is 16.1 Å². The summed E-state index contributed by atoms with van der Waals surface area (Å²) in [5.74, 6) is 0.0166. The fourth-order valence-corrected chi connectivity index (χ4v) is 0.471. The predicted octanol–water partition coefficient (Wildman–Crippen LogP) is -0.0810. The van der Waals surface area contributed by atoms with E-state index in [9.17, 15) is 4.79 Å². The van der Waals surface area contributed by atoms with Gasteiger partial charge in [-0.1, -0.05) is 0 Å². The van der Waals surface area contributed by atoms with E-state index < -0.39 is 0 Å². The lowest BCUT2D eigenvalue weighted by atomic mass is 10.3. The second-order valence-corrected chi connectivity index (χ2v) is 1.90. The van der Waals surface area contributed by atoms with Gasteiger partial charge >= 0.3 is 0 Å². The summed E-state index contributed by atoms with van der Waals surface area (Å²) in [7, 11) is 0. The minimum absolute atomic E-state index is 0.251. The third-order valence-corrected chi connectivity index (χ3v) is 1.19. The Labute approximate surface area is 61.6 Å². The van der Waals surface area contributed by atoms with E-state index in [0.717, 1.165) is 0 Å². The van der Waals surface area contributed by atoms with Crippen molar-refractivity contribution in [1.29, 1.82) is 0 Å². The normalized spacial score (nSPS) is 11.4. The van der Waals surface area contributed by atoms with Crippen LogP contribution in [-0.4, -0.2) is 11.7 Å². The maximum absolute atomic E-state index is 10.1. The van der Waals surface area contributed by atoms with Crippen LogP contribution >= 0.6 is 16.1 Å². The Morgan fingerprint density at radius 3 is 2.33 bits per heavy atom. The van der Waals surface area contributed by atoms with E-state index in [1.165, 1.54) is 0 Å². The van der Waals surface area contributed by atoms with E-state index in [1.54, 1.807) is 0 Å². The quantitative estimate of drug-likeness (QED) is 0.486. The highest BCUT2D eigenvalue weighted by molar-refractivity contribution is 9.08. The van der Waals surface area contributed by atoms with E-state index in [4.69, 9.17) is 11.5 Å². The molecule has 0 saturated carbocycles. The Kier molecular flexibility index (Phi) is 4.04. The van der Waals surface area contributed by atoms with Gasteiger partial charge in [-0.15, -0.1) is 0 Å². The number of amides is 1. The van der Waals surface area contributed by atoms with Crippen LogP contribution < -0.4 is 11.5 Å². The average Bonchev–Trinajstić information content (AvgIpc) is 1.83. The third-order valence-electron chi connectivity index (χ3n) is 0.736. The molecule has 0 atom stereocenters. The fourth-order valence-electron chi connectivity index (χ4n) is 0.294. The van der Waals surface area contributed by atoms with Crippen molar-refractivity contribution in [3.8, 4) is 0 Å². The summed E-state index contributed by atoms with van der Waals surface area (Å²) in [6.45, 7) is 0. The van der Waals surface area contributed by atoms with E-state index in [-0.39, 0.29) is 12.3 Å². The number of carbonyl (C=O) groups is 1. The molecule has 9 heavy (non-hydrogen) atoms. The molecule has 4 N–H and O–H groups in total. The highest BCUT2D eigenvalue weighted by Crippen LogP contribution is 1.90. The summed E-state index contributed by atoms with van der Waals surface area (Å²) in [4.78, 5) is 10.1. The van der Waals surface area contributed by atoms with Crippen molar-refractivity contribution >= 4 is 27.9 Å². The van der Waals surface area contributed by atoms with E-state index in [0.29, 0.717) is 12.3 Å². The molecule has 4 nitrogen and oxygen atoms in total. The van der Waals surface area contributed by atoms with Gasteiger partial charge in [-0.05, 0) is 0 Å². The Morgan fingerprint density at radius 1 is 1.44 bits per heavy atom. The van der Waals surface area contributed by atoms with Crippen molar-refractivity contribution in [3.05, 3.63) is 0 Å². The lowest BCUT2D eigenvalue weighted by Crippen LogP contribution is -2.16. The maximum Gasteiger partial charge on any atom is 0.217 e. The van der Waals surface area contributed by atoms with Crippen LogP contribution in [0.3, 0.4) is 0 Å². The number of nitrogens with two attached hydrogens (primary N) is 2. The summed E-state index contributed by atoms with van der Waals surface area (Å²) < 4.78 is 3.46. The molecule has 0 aliphatic rings. The number of carbonyl (C=O) groups excluding carboxylic acids is 1. The van der Waals surface area contributed by atoms with Crippen LogP contribution in [0.5, 0.6) is 0 Å². The van der Waals surface area contributed by atoms with Gasteiger partial charge in [-0.3, -0.25) is 4.79 Å². The van der Waals surface area contributed by atoms with Crippen molar-refractivity contribution in [3.63, 3.8) is 0 Å². The molecule has 52 valence electrons.